The molecule has 0 unspecified atom stereocenters. The van der Waals surface area contributed by atoms with E-state index in [0.29, 0.717) is 5.52 Å². The number of halogens is 3. The third-order valence-corrected chi connectivity index (χ3v) is 7.77. The molecule has 0 N–H and O–H groups in total. The van der Waals surface area contributed by atoms with E-state index < -0.39 is 11.7 Å². The van der Waals surface area contributed by atoms with Gasteiger partial charge < -0.3 is 4.40 Å². The average molecular weight is 468 g/mol. The largest absolute Gasteiger partial charge is 0.416 e. The highest BCUT2D eigenvalue weighted by Gasteiger charge is 2.32. The first-order valence-electron chi connectivity index (χ1n) is 11.7. The van der Waals surface area contributed by atoms with E-state index in [9.17, 15) is 13.2 Å². The molecule has 5 heteroatoms. The summed E-state index contributed by atoms with van der Waals surface area (Å²) in [6.45, 7) is 6.32. The molecule has 0 saturated heterocycles. The van der Waals surface area contributed by atoms with Crippen molar-refractivity contribution in [1.29, 1.82) is 0 Å². The fourth-order valence-electron chi connectivity index (χ4n) is 6.15. The van der Waals surface area contributed by atoms with E-state index in [-0.39, 0.29) is 0 Å². The summed E-state index contributed by atoms with van der Waals surface area (Å²) in [4.78, 5) is 0. The minimum absolute atomic E-state index is 0.592. The predicted octanol–water partition coefficient (Wildman–Crippen LogP) is 7.91. The number of aromatic nitrogens is 2. The zero-order chi connectivity index (χ0) is 24.4. The molecule has 35 heavy (non-hydrogen) atoms. The minimum atomic E-state index is -4.41. The van der Waals surface area contributed by atoms with Crippen LogP contribution in [0.1, 0.15) is 22.3 Å². The van der Waals surface area contributed by atoms with Crippen molar-refractivity contribution in [3.8, 4) is 0 Å². The SMILES string of the molecule is Cc1ccc2c(C)c3c(c(C)c2c1)c1c2c(ccc4c5ccc(C(F)(F)F)cc5n3c42)cc[n+]1C. The minimum Gasteiger partial charge on any atom is -0.307 e. The lowest BCUT2D eigenvalue weighted by molar-refractivity contribution is -0.643. The molecule has 0 fully saturated rings. The number of pyridine rings is 2. The topological polar surface area (TPSA) is 8.29 Å². The second-order valence-corrected chi connectivity index (χ2v) is 9.79. The molecule has 0 bridgehead atoms. The number of hydrogen-bond donors (Lipinski definition) is 0. The van der Waals surface area contributed by atoms with Crippen molar-refractivity contribution in [3.05, 3.63) is 83.0 Å². The lowest BCUT2D eigenvalue weighted by Gasteiger charge is -2.17. The van der Waals surface area contributed by atoms with Gasteiger partial charge in [-0.15, -0.1) is 0 Å². The molecule has 0 amide bonds. The van der Waals surface area contributed by atoms with E-state index in [1.165, 1.54) is 23.1 Å². The molecule has 172 valence electrons. The number of aryl methyl sites for hydroxylation is 4. The van der Waals surface area contributed by atoms with Gasteiger partial charge in [-0.2, -0.15) is 13.2 Å². The molecular formula is C30H22F3N2+. The van der Waals surface area contributed by atoms with Gasteiger partial charge in [-0.25, -0.2) is 4.57 Å². The van der Waals surface area contributed by atoms with E-state index >= 15 is 0 Å². The zero-order valence-corrected chi connectivity index (χ0v) is 19.8. The summed E-state index contributed by atoms with van der Waals surface area (Å²) in [7, 11) is 2.05. The van der Waals surface area contributed by atoms with Crippen molar-refractivity contribution in [2.75, 3.05) is 0 Å². The molecule has 0 aliphatic carbocycles. The summed E-state index contributed by atoms with van der Waals surface area (Å²) < 4.78 is 45.6. The van der Waals surface area contributed by atoms with Crippen molar-refractivity contribution in [2.45, 2.75) is 26.9 Å². The first kappa shape index (κ1) is 20.5. The Kier molecular flexibility index (Phi) is 3.76. The third kappa shape index (κ3) is 2.48. The summed E-state index contributed by atoms with van der Waals surface area (Å²) in [6.07, 6.45) is -2.34. The van der Waals surface area contributed by atoms with Crippen LogP contribution in [0.25, 0.3) is 59.8 Å². The molecule has 2 nitrogen and oxygen atoms in total. The molecule has 0 atom stereocenters. The Bertz CT molecular complexity index is 2030. The Labute approximate surface area is 199 Å². The van der Waals surface area contributed by atoms with Crippen LogP contribution < -0.4 is 4.57 Å². The fourth-order valence-corrected chi connectivity index (χ4v) is 6.15. The highest BCUT2D eigenvalue weighted by Crippen LogP contribution is 2.44. The smallest absolute Gasteiger partial charge is 0.307 e. The second-order valence-electron chi connectivity index (χ2n) is 9.79. The van der Waals surface area contributed by atoms with E-state index in [0.717, 1.165) is 60.0 Å². The van der Waals surface area contributed by atoms with Crippen LogP contribution in [0.3, 0.4) is 0 Å². The lowest BCUT2D eigenvalue weighted by atomic mass is 9.92. The van der Waals surface area contributed by atoms with Crippen molar-refractivity contribution in [2.24, 2.45) is 7.05 Å². The average Bonchev–Trinajstić information content (AvgIpc) is 3.16. The Morgan fingerprint density at radius 2 is 1.46 bits per heavy atom. The van der Waals surface area contributed by atoms with E-state index in [1.54, 1.807) is 6.07 Å². The zero-order valence-electron chi connectivity index (χ0n) is 19.8. The normalized spacial score (nSPS) is 13.0. The number of alkyl halides is 3. The van der Waals surface area contributed by atoms with Crippen molar-refractivity contribution in [1.82, 2.24) is 4.40 Å². The maximum Gasteiger partial charge on any atom is 0.416 e. The molecule has 7 rings (SSSR count). The first-order valence-corrected chi connectivity index (χ1v) is 11.7. The van der Waals surface area contributed by atoms with Gasteiger partial charge in [0.1, 0.15) is 7.05 Å². The number of nitrogens with zero attached hydrogens (tertiary/aromatic N) is 2. The molecule has 4 aromatic carbocycles. The number of benzene rings is 4. The first-order chi connectivity index (χ1) is 16.7. The van der Waals surface area contributed by atoms with Crippen LogP contribution in [0.4, 0.5) is 13.2 Å². The Balaban J connectivity index is 1.92. The molecule has 3 aromatic heterocycles. The highest BCUT2D eigenvalue weighted by molar-refractivity contribution is 6.28. The number of hydrogen-bond acceptors (Lipinski definition) is 0. The Morgan fingerprint density at radius 3 is 2.23 bits per heavy atom. The van der Waals surface area contributed by atoms with Gasteiger partial charge in [0.2, 0.25) is 5.52 Å². The number of rotatable bonds is 0. The van der Waals surface area contributed by atoms with E-state index in [2.05, 4.69) is 66.3 Å². The molecular weight excluding hydrogens is 445 g/mol. The van der Waals surface area contributed by atoms with Crippen molar-refractivity contribution < 1.29 is 17.7 Å². The van der Waals surface area contributed by atoms with Crippen LogP contribution in [0.2, 0.25) is 0 Å². The van der Waals surface area contributed by atoms with Crippen LogP contribution >= 0.6 is 0 Å². The maximum atomic E-state index is 13.8. The fraction of sp³-hybridized carbons (Fsp3) is 0.167. The van der Waals surface area contributed by atoms with Gasteiger partial charge in [0.25, 0.3) is 0 Å². The summed E-state index contributed by atoms with van der Waals surface area (Å²) in [5, 5.41) is 7.37. The third-order valence-electron chi connectivity index (χ3n) is 7.77. The molecule has 3 heterocycles. The van der Waals surface area contributed by atoms with Crippen LogP contribution in [-0.2, 0) is 13.2 Å². The van der Waals surface area contributed by atoms with Crippen LogP contribution in [0, 0.1) is 20.8 Å². The standard InChI is InChI=1S/C30H22F3N2/c1-15-5-8-20-17(3)27-25(16(2)23(20)13-15)29-26-18(11-12-34(29)4)6-9-22-21-10-7-19(30(31,32)33)14-24(21)35(27)28(22)26/h5-14H,1-4H3/q+1. The Morgan fingerprint density at radius 1 is 0.714 bits per heavy atom. The van der Waals surface area contributed by atoms with Gasteiger partial charge in [0, 0.05) is 16.8 Å². The van der Waals surface area contributed by atoms with Gasteiger partial charge in [-0.3, -0.25) is 0 Å². The van der Waals surface area contributed by atoms with Crippen LogP contribution in [-0.4, -0.2) is 4.40 Å². The second kappa shape index (κ2) is 6.42. The Hall–Kier alpha value is -3.86. The summed E-state index contributed by atoms with van der Waals surface area (Å²) in [6, 6.07) is 16.8. The summed E-state index contributed by atoms with van der Waals surface area (Å²) >= 11 is 0. The van der Waals surface area contributed by atoms with Crippen LogP contribution in [0.5, 0.6) is 0 Å². The predicted molar refractivity (Wildman–Crippen MR) is 137 cm³/mol. The van der Waals surface area contributed by atoms with E-state index in [1.807, 2.05) is 13.1 Å². The van der Waals surface area contributed by atoms with Gasteiger partial charge >= 0.3 is 6.18 Å². The van der Waals surface area contributed by atoms with Crippen LogP contribution in [0.15, 0.2) is 60.8 Å². The number of fused-ring (bicyclic) bond motifs is 7. The molecule has 0 aliphatic rings. The van der Waals surface area contributed by atoms with Gasteiger partial charge in [-0.1, -0.05) is 42.0 Å². The summed E-state index contributed by atoms with van der Waals surface area (Å²) in [5.41, 5.74) is 6.42. The molecule has 7 aromatic rings. The van der Waals surface area contributed by atoms with Gasteiger partial charge in [0.05, 0.1) is 32.9 Å². The highest BCUT2D eigenvalue weighted by atomic mass is 19.4. The molecule has 0 radical (unpaired) electrons. The maximum absolute atomic E-state index is 13.8. The van der Waals surface area contributed by atoms with Crippen molar-refractivity contribution in [3.63, 3.8) is 0 Å². The molecule has 0 saturated carbocycles. The van der Waals surface area contributed by atoms with Crippen molar-refractivity contribution >= 4 is 59.8 Å². The lowest BCUT2D eigenvalue weighted by Crippen LogP contribution is -2.29. The monoisotopic (exact) mass is 467 g/mol. The van der Waals surface area contributed by atoms with Gasteiger partial charge in [0.15, 0.2) is 6.20 Å². The molecule has 0 aliphatic heterocycles. The summed E-state index contributed by atoms with van der Waals surface area (Å²) in [5.74, 6) is 0. The van der Waals surface area contributed by atoms with E-state index in [4.69, 9.17) is 0 Å². The quantitative estimate of drug-likeness (QED) is 0.122. The molecule has 0 spiro atoms. The van der Waals surface area contributed by atoms with Gasteiger partial charge in [-0.05, 0) is 60.2 Å².